The summed E-state index contributed by atoms with van der Waals surface area (Å²) in [6.45, 7) is 1.08. The summed E-state index contributed by atoms with van der Waals surface area (Å²) >= 11 is 0. The molecule has 1 fully saturated rings. The maximum atomic E-state index is 5.71. The molecule has 5 heteroatoms. The second kappa shape index (κ2) is 5.40. The van der Waals surface area contributed by atoms with Gasteiger partial charge in [0.2, 0.25) is 11.8 Å². The Morgan fingerprint density at radius 1 is 1.42 bits per heavy atom. The molecule has 5 nitrogen and oxygen atoms in total. The normalized spacial score (nSPS) is 18.7. The smallest absolute Gasteiger partial charge is 0.247 e. The minimum Gasteiger partial charge on any atom is -0.497 e. The van der Waals surface area contributed by atoms with E-state index in [4.69, 9.17) is 9.15 Å². The number of rotatable bonds is 4. The quantitative estimate of drug-likeness (QED) is 0.910. The first-order valence-electron chi connectivity index (χ1n) is 6.55. The lowest BCUT2D eigenvalue weighted by molar-refractivity contribution is 0.414. The van der Waals surface area contributed by atoms with Gasteiger partial charge in [-0.15, -0.1) is 10.2 Å². The second-order valence-electron chi connectivity index (χ2n) is 4.73. The van der Waals surface area contributed by atoms with Crippen LogP contribution in [0.3, 0.4) is 0 Å². The molecular formula is C14H17N3O2. The molecular weight excluding hydrogens is 242 g/mol. The molecule has 1 N–H and O–H groups in total. The average Bonchev–Trinajstić information content (AvgIpc) is 3.11. The zero-order valence-corrected chi connectivity index (χ0v) is 10.9. The third-order valence-electron chi connectivity index (χ3n) is 3.37. The number of ether oxygens (including phenoxy) is 1. The van der Waals surface area contributed by atoms with Crippen LogP contribution in [0.4, 0.5) is 0 Å². The Kier molecular flexibility index (Phi) is 3.46. The van der Waals surface area contributed by atoms with Gasteiger partial charge in [-0.05, 0) is 37.6 Å². The highest BCUT2D eigenvalue weighted by molar-refractivity contribution is 5.55. The van der Waals surface area contributed by atoms with E-state index in [9.17, 15) is 0 Å². The first kappa shape index (κ1) is 12.2. The van der Waals surface area contributed by atoms with Crippen molar-refractivity contribution >= 4 is 0 Å². The third-order valence-corrected chi connectivity index (χ3v) is 3.37. The van der Waals surface area contributed by atoms with E-state index < -0.39 is 0 Å². The van der Waals surface area contributed by atoms with Gasteiger partial charge >= 0.3 is 0 Å². The van der Waals surface area contributed by atoms with E-state index in [-0.39, 0.29) is 0 Å². The lowest BCUT2D eigenvalue weighted by Crippen LogP contribution is -2.23. The van der Waals surface area contributed by atoms with Gasteiger partial charge in [0.15, 0.2) is 0 Å². The van der Waals surface area contributed by atoms with Crippen molar-refractivity contribution < 1.29 is 9.15 Å². The zero-order valence-electron chi connectivity index (χ0n) is 10.9. The van der Waals surface area contributed by atoms with E-state index in [2.05, 4.69) is 15.5 Å². The molecule has 1 aliphatic heterocycles. The van der Waals surface area contributed by atoms with Gasteiger partial charge in [-0.1, -0.05) is 6.07 Å². The van der Waals surface area contributed by atoms with Gasteiger partial charge < -0.3 is 14.5 Å². The van der Waals surface area contributed by atoms with Gasteiger partial charge in [-0.25, -0.2) is 0 Å². The Bertz CT molecular complexity index is 547. The zero-order chi connectivity index (χ0) is 13.1. The Balaban J connectivity index is 1.76. The molecule has 1 saturated heterocycles. The van der Waals surface area contributed by atoms with E-state index in [1.807, 2.05) is 24.3 Å². The number of hydrogen-bond acceptors (Lipinski definition) is 5. The molecule has 0 saturated carbocycles. The number of nitrogens with zero attached hydrogens (tertiary/aromatic N) is 2. The first-order chi connectivity index (χ1) is 9.35. The molecule has 0 spiro atoms. The second-order valence-corrected chi connectivity index (χ2v) is 4.73. The fraction of sp³-hybridized carbons (Fsp3) is 0.429. The molecule has 1 unspecified atom stereocenters. The van der Waals surface area contributed by atoms with E-state index in [1.54, 1.807) is 7.11 Å². The number of methoxy groups -OCH3 is 1. The summed E-state index contributed by atoms with van der Waals surface area (Å²) in [5, 5.41) is 11.6. The number of nitrogens with one attached hydrogen (secondary N) is 1. The Morgan fingerprint density at radius 3 is 3.16 bits per heavy atom. The standard InChI is InChI=1S/C14H17N3O2/c1-18-12-6-2-4-10(8-12)14-17-16-13(19-14)9-11-5-3-7-15-11/h2,4,6,8,11,15H,3,5,7,9H2,1H3. The van der Waals surface area contributed by atoms with Crippen molar-refractivity contribution in [2.75, 3.05) is 13.7 Å². The van der Waals surface area contributed by atoms with Gasteiger partial charge in [-0.2, -0.15) is 0 Å². The van der Waals surface area contributed by atoms with Gasteiger partial charge in [0.1, 0.15) is 5.75 Å². The molecule has 1 aromatic heterocycles. The maximum absolute atomic E-state index is 5.71. The monoisotopic (exact) mass is 259 g/mol. The Hall–Kier alpha value is -1.88. The number of hydrogen-bond donors (Lipinski definition) is 1. The van der Waals surface area contributed by atoms with Crippen molar-refractivity contribution in [2.24, 2.45) is 0 Å². The topological polar surface area (TPSA) is 60.2 Å². The lowest BCUT2D eigenvalue weighted by atomic mass is 10.1. The first-order valence-corrected chi connectivity index (χ1v) is 6.55. The van der Waals surface area contributed by atoms with Crippen LogP contribution in [0.5, 0.6) is 5.75 Å². The highest BCUT2D eigenvalue weighted by Gasteiger charge is 2.18. The summed E-state index contributed by atoms with van der Waals surface area (Å²) in [5.41, 5.74) is 0.887. The molecule has 1 aliphatic rings. The van der Waals surface area contributed by atoms with Crippen LogP contribution in [-0.2, 0) is 6.42 Å². The van der Waals surface area contributed by atoms with Gasteiger partial charge in [0.05, 0.1) is 7.11 Å². The molecule has 100 valence electrons. The summed E-state index contributed by atoms with van der Waals surface area (Å²) in [6, 6.07) is 8.11. The van der Waals surface area contributed by atoms with Crippen molar-refractivity contribution in [3.63, 3.8) is 0 Å². The van der Waals surface area contributed by atoms with Crippen LogP contribution in [0, 0.1) is 0 Å². The van der Waals surface area contributed by atoms with Crippen LogP contribution < -0.4 is 10.1 Å². The SMILES string of the molecule is COc1cccc(-c2nnc(CC3CCCN3)o2)c1. The highest BCUT2D eigenvalue weighted by atomic mass is 16.5. The predicted octanol–water partition coefficient (Wildman–Crippen LogP) is 2.04. The van der Waals surface area contributed by atoms with Crippen molar-refractivity contribution in [1.82, 2.24) is 15.5 Å². The van der Waals surface area contributed by atoms with Crippen LogP contribution in [0.2, 0.25) is 0 Å². The van der Waals surface area contributed by atoms with E-state index in [1.165, 1.54) is 12.8 Å². The van der Waals surface area contributed by atoms with Gasteiger partial charge in [0.25, 0.3) is 0 Å². The Labute approximate surface area is 112 Å². The Morgan fingerprint density at radius 2 is 2.37 bits per heavy atom. The van der Waals surface area contributed by atoms with Crippen LogP contribution in [0.1, 0.15) is 18.7 Å². The molecule has 1 atom stereocenters. The lowest BCUT2D eigenvalue weighted by Gasteiger charge is -2.05. The summed E-state index contributed by atoms with van der Waals surface area (Å²) in [6.07, 6.45) is 3.20. The average molecular weight is 259 g/mol. The van der Waals surface area contributed by atoms with Crippen LogP contribution in [-0.4, -0.2) is 29.9 Å². The summed E-state index contributed by atoms with van der Waals surface area (Å²) in [4.78, 5) is 0. The highest BCUT2D eigenvalue weighted by Crippen LogP contribution is 2.23. The molecule has 19 heavy (non-hydrogen) atoms. The molecule has 2 aromatic rings. The maximum Gasteiger partial charge on any atom is 0.247 e. The van der Waals surface area contributed by atoms with Crippen LogP contribution in [0.25, 0.3) is 11.5 Å². The summed E-state index contributed by atoms with van der Waals surface area (Å²) < 4.78 is 10.9. The fourth-order valence-electron chi connectivity index (χ4n) is 2.35. The third kappa shape index (κ3) is 2.76. The largest absolute Gasteiger partial charge is 0.497 e. The van der Waals surface area contributed by atoms with Crippen LogP contribution in [0.15, 0.2) is 28.7 Å². The minimum absolute atomic E-state index is 0.471. The minimum atomic E-state index is 0.471. The predicted molar refractivity (Wildman–Crippen MR) is 71.0 cm³/mol. The van der Waals surface area contributed by atoms with Crippen molar-refractivity contribution in [3.8, 4) is 17.2 Å². The molecule has 2 heterocycles. The van der Waals surface area contributed by atoms with E-state index in [0.717, 1.165) is 24.3 Å². The summed E-state index contributed by atoms with van der Waals surface area (Å²) in [7, 11) is 1.64. The van der Waals surface area contributed by atoms with Crippen molar-refractivity contribution in [2.45, 2.75) is 25.3 Å². The van der Waals surface area contributed by atoms with Crippen molar-refractivity contribution in [1.29, 1.82) is 0 Å². The van der Waals surface area contributed by atoms with E-state index >= 15 is 0 Å². The molecule has 0 amide bonds. The molecule has 0 radical (unpaired) electrons. The number of benzene rings is 1. The molecule has 0 aliphatic carbocycles. The fourth-order valence-corrected chi connectivity index (χ4v) is 2.35. The molecule has 0 bridgehead atoms. The van der Waals surface area contributed by atoms with E-state index in [0.29, 0.717) is 17.8 Å². The number of aromatic nitrogens is 2. The van der Waals surface area contributed by atoms with Gasteiger partial charge in [-0.3, -0.25) is 0 Å². The summed E-state index contributed by atoms with van der Waals surface area (Å²) in [5.74, 6) is 2.03. The van der Waals surface area contributed by atoms with Crippen molar-refractivity contribution in [3.05, 3.63) is 30.2 Å². The molecule has 1 aromatic carbocycles. The molecule has 3 rings (SSSR count). The van der Waals surface area contributed by atoms with Crippen LogP contribution >= 0.6 is 0 Å². The van der Waals surface area contributed by atoms with Gasteiger partial charge in [0, 0.05) is 18.0 Å².